The van der Waals surface area contributed by atoms with E-state index in [9.17, 15) is 19.5 Å². The van der Waals surface area contributed by atoms with Crippen LogP contribution in [0.3, 0.4) is 0 Å². The number of hydrogen-bond acceptors (Lipinski definition) is 7. The Bertz CT molecular complexity index is 1750. The van der Waals surface area contributed by atoms with Crippen molar-refractivity contribution < 1.29 is 42.9 Å². The largest absolute Gasteiger partial charge is 0.477 e. The Kier molecular flexibility index (Phi) is 74.3. The zero-order valence-electron chi connectivity index (χ0n) is 63.8. The molecule has 0 spiro atoms. The second-order valence-electron chi connectivity index (χ2n) is 29.4. The maximum Gasteiger partial charge on any atom is 0.361 e. The summed E-state index contributed by atoms with van der Waals surface area (Å²) in [5.74, 6) is -1.97. The number of allylic oxidation sites excluding steroid dienone is 10. The molecule has 0 saturated heterocycles. The molecule has 0 aliphatic carbocycles. The third-order valence-corrected chi connectivity index (χ3v) is 18.8. The van der Waals surface area contributed by atoms with Crippen LogP contribution < -0.4 is 0 Å². The number of nitrogens with zero attached hydrogens (tertiary/aromatic N) is 1. The Balaban J connectivity index is 3.94. The van der Waals surface area contributed by atoms with Gasteiger partial charge in [-0.2, -0.15) is 0 Å². The number of carboxylic acid groups (broad SMARTS) is 1. The molecule has 9 heteroatoms. The lowest BCUT2D eigenvalue weighted by Gasteiger charge is -2.25. The lowest BCUT2D eigenvalue weighted by molar-refractivity contribution is -0.870. The van der Waals surface area contributed by atoms with Crippen molar-refractivity contribution in [3.8, 4) is 0 Å². The van der Waals surface area contributed by atoms with Crippen LogP contribution >= 0.6 is 0 Å². The highest BCUT2D eigenvalue weighted by molar-refractivity contribution is 5.71. The summed E-state index contributed by atoms with van der Waals surface area (Å²) in [6, 6.07) is 0. The van der Waals surface area contributed by atoms with Gasteiger partial charge in [0.05, 0.1) is 34.4 Å². The van der Waals surface area contributed by atoms with Crippen LogP contribution in [-0.2, 0) is 33.3 Å². The molecule has 0 aromatic heterocycles. The van der Waals surface area contributed by atoms with Crippen molar-refractivity contribution in [1.29, 1.82) is 0 Å². The maximum atomic E-state index is 13.0. The van der Waals surface area contributed by atoms with Crippen LogP contribution in [0.4, 0.5) is 0 Å². The second kappa shape index (κ2) is 76.7. The van der Waals surface area contributed by atoms with Gasteiger partial charge in [0.1, 0.15) is 13.2 Å². The molecule has 0 amide bonds. The molecule has 0 rings (SSSR count). The third kappa shape index (κ3) is 78.2. The molecule has 2 atom stereocenters. The van der Waals surface area contributed by atoms with Crippen molar-refractivity contribution in [2.75, 3.05) is 47.5 Å². The van der Waals surface area contributed by atoms with Gasteiger partial charge in [0.25, 0.3) is 6.29 Å². The first-order valence-corrected chi connectivity index (χ1v) is 41.5. The number of carbonyl (C=O) groups is 3. The Morgan fingerprint density at radius 1 is 0.326 bits per heavy atom. The lowest BCUT2D eigenvalue weighted by atomic mass is 10.0. The predicted octanol–water partition coefficient (Wildman–Crippen LogP) is 26.6. The molecule has 0 aromatic carbocycles. The maximum absolute atomic E-state index is 13.0. The Labute approximate surface area is 590 Å². The van der Waals surface area contributed by atoms with Crippen molar-refractivity contribution in [3.63, 3.8) is 0 Å². The van der Waals surface area contributed by atoms with E-state index in [1.165, 1.54) is 321 Å². The normalized spacial score (nSPS) is 12.9. The highest BCUT2D eigenvalue weighted by atomic mass is 16.7. The fourth-order valence-corrected chi connectivity index (χ4v) is 12.5. The molecule has 1 N–H and O–H groups in total. The summed E-state index contributed by atoms with van der Waals surface area (Å²) >= 11 is 0. The standard InChI is InChI=1S/C86H159NO8/c1-6-8-10-12-14-16-18-20-22-24-26-28-30-32-34-36-38-39-40-41-42-43-44-45-47-49-51-53-55-57-59-61-63-65-67-69-71-73-75-77-84(89)95-82(81-94-86(85(90)91)92-79-78-87(3,4)5)80-93-83(88)76-74-72-70-68-66-64-62-60-58-56-54-52-50-48-46-37-35-33-31-29-27-25-23-21-19-17-15-13-11-9-7-2/h8,10,14,16,20,22,25-28,82,86H,6-7,9,11-13,15,17-19,21,23-24,29-81H2,1-5H3/p+1/b10-8-,16-14-,22-20-,27-25-,28-26-. The minimum Gasteiger partial charge on any atom is -0.477 e. The van der Waals surface area contributed by atoms with Gasteiger partial charge in [0.15, 0.2) is 6.10 Å². The monoisotopic (exact) mass is 1340 g/mol. The van der Waals surface area contributed by atoms with Crippen LogP contribution in [-0.4, -0.2) is 87.4 Å². The number of quaternary nitrogens is 1. The van der Waals surface area contributed by atoms with E-state index < -0.39 is 18.4 Å². The molecule has 0 fully saturated rings. The van der Waals surface area contributed by atoms with Crippen LogP contribution in [0.2, 0.25) is 0 Å². The average Bonchev–Trinajstić information content (AvgIpc) is 2.92. The van der Waals surface area contributed by atoms with Gasteiger partial charge in [-0.05, 0) is 77.0 Å². The van der Waals surface area contributed by atoms with Crippen molar-refractivity contribution in [2.24, 2.45) is 0 Å². The zero-order valence-corrected chi connectivity index (χ0v) is 63.8. The highest BCUT2D eigenvalue weighted by Crippen LogP contribution is 2.20. The third-order valence-electron chi connectivity index (χ3n) is 18.8. The van der Waals surface area contributed by atoms with Crippen molar-refractivity contribution >= 4 is 17.9 Å². The van der Waals surface area contributed by atoms with Gasteiger partial charge in [0, 0.05) is 12.8 Å². The summed E-state index contributed by atoms with van der Waals surface area (Å²) in [5.41, 5.74) is 0. The van der Waals surface area contributed by atoms with Crippen LogP contribution in [0.1, 0.15) is 412 Å². The molecule has 0 aromatic rings. The SMILES string of the molecule is CC/C=C\C/C=C\C/C=C\C/C=C\CCCCCCCCCCCCCCCCCCCCCCCCCCCCC(=O)OC(COC(=O)CCCCCCCCCCCCCCCCCCCCC/C=C\CCCCCCCCCC)COC(OCC[N+](C)(C)C)C(=O)O. The van der Waals surface area contributed by atoms with Gasteiger partial charge in [-0.1, -0.05) is 383 Å². The Morgan fingerprint density at radius 3 is 0.905 bits per heavy atom. The van der Waals surface area contributed by atoms with E-state index in [1.807, 2.05) is 21.1 Å². The van der Waals surface area contributed by atoms with E-state index in [0.29, 0.717) is 17.4 Å². The van der Waals surface area contributed by atoms with E-state index >= 15 is 0 Å². The molecular formula is C86H160NO8+. The number of unbranched alkanes of at least 4 members (excludes halogenated alkanes) is 53. The molecule has 2 unspecified atom stereocenters. The number of likely N-dealkylation sites (N-methyl/N-ethyl adjacent to an activating group) is 1. The summed E-state index contributed by atoms with van der Waals surface area (Å²) in [6.45, 7) is 4.84. The molecule has 9 nitrogen and oxygen atoms in total. The summed E-state index contributed by atoms with van der Waals surface area (Å²) in [7, 11) is 6.00. The van der Waals surface area contributed by atoms with Crippen LogP contribution in [0.15, 0.2) is 60.8 Å². The predicted molar refractivity (Wildman–Crippen MR) is 410 cm³/mol. The van der Waals surface area contributed by atoms with Gasteiger partial charge in [-0.15, -0.1) is 0 Å². The van der Waals surface area contributed by atoms with Crippen LogP contribution in [0, 0.1) is 0 Å². The topological polar surface area (TPSA) is 108 Å². The minimum absolute atomic E-state index is 0.176. The first kappa shape index (κ1) is 92.0. The highest BCUT2D eigenvalue weighted by Gasteiger charge is 2.25. The summed E-state index contributed by atoms with van der Waals surface area (Å²) in [5, 5.41) is 9.78. The molecule has 0 saturated carbocycles. The summed E-state index contributed by atoms with van der Waals surface area (Å²) < 4.78 is 23.1. The lowest BCUT2D eigenvalue weighted by Crippen LogP contribution is -2.40. The average molecular weight is 1340 g/mol. The van der Waals surface area contributed by atoms with E-state index in [0.717, 1.165) is 64.2 Å². The Hall–Kier alpha value is -3.01. The molecule has 556 valence electrons. The van der Waals surface area contributed by atoms with Gasteiger partial charge >= 0.3 is 17.9 Å². The first-order valence-electron chi connectivity index (χ1n) is 41.5. The number of ether oxygens (including phenoxy) is 4. The van der Waals surface area contributed by atoms with Crippen LogP contribution in [0.25, 0.3) is 0 Å². The molecule has 0 aliphatic heterocycles. The van der Waals surface area contributed by atoms with E-state index in [4.69, 9.17) is 18.9 Å². The molecule has 0 bridgehead atoms. The van der Waals surface area contributed by atoms with Gasteiger partial charge in [-0.25, -0.2) is 4.79 Å². The molecule has 0 aliphatic rings. The van der Waals surface area contributed by atoms with Gasteiger partial charge in [-0.3, -0.25) is 9.59 Å². The number of rotatable bonds is 78. The molecule has 0 radical (unpaired) electrons. The molecule has 0 heterocycles. The number of aliphatic carboxylic acids is 1. The van der Waals surface area contributed by atoms with Gasteiger partial charge < -0.3 is 28.5 Å². The van der Waals surface area contributed by atoms with Gasteiger partial charge in [0.2, 0.25) is 0 Å². The summed E-state index contributed by atoms with van der Waals surface area (Å²) in [4.78, 5) is 37.8. The number of carboxylic acids is 1. The quantitative estimate of drug-likeness (QED) is 0.0211. The van der Waals surface area contributed by atoms with Crippen molar-refractivity contribution in [1.82, 2.24) is 0 Å². The van der Waals surface area contributed by atoms with E-state index in [2.05, 4.69) is 74.6 Å². The number of hydrogen-bond donors (Lipinski definition) is 1. The van der Waals surface area contributed by atoms with Crippen molar-refractivity contribution in [3.05, 3.63) is 60.8 Å². The van der Waals surface area contributed by atoms with E-state index in [-0.39, 0.29) is 38.2 Å². The smallest absolute Gasteiger partial charge is 0.361 e. The molecular weight excluding hydrogens is 1170 g/mol. The second-order valence-corrected chi connectivity index (χ2v) is 29.4. The fourth-order valence-electron chi connectivity index (χ4n) is 12.5. The fraction of sp³-hybridized carbons (Fsp3) is 0.849. The minimum atomic E-state index is -1.51. The van der Waals surface area contributed by atoms with E-state index in [1.54, 1.807) is 0 Å². The van der Waals surface area contributed by atoms with Crippen LogP contribution in [0.5, 0.6) is 0 Å². The zero-order chi connectivity index (χ0) is 69.0. The molecule has 95 heavy (non-hydrogen) atoms. The Morgan fingerprint density at radius 2 is 0.600 bits per heavy atom. The summed E-state index contributed by atoms with van der Waals surface area (Å²) in [6.07, 6.45) is 99.7. The number of carbonyl (C=O) groups excluding carboxylic acids is 2. The van der Waals surface area contributed by atoms with Crippen molar-refractivity contribution in [2.45, 2.75) is 424 Å². The first-order chi connectivity index (χ1) is 46.6. The number of esters is 2.